The first-order valence-corrected chi connectivity index (χ1v) is 8.93. The van der Waals surface area contributed by atoms with Gasteiger partial charge < -0.3 is 11.1 Å². The van der Waals surface area contributed by atoms with E-state index in [0.717, 1.165) is 39.4 Å². The second-order valence-corrected chi connectivity index (χ2v) is 7.28. The van der Waals surface area contributed by atoms with Gasteiger partial charge in [-0.25, -0.2) is 4.98 Å². The number of aromatic nitrogens is 2. The van der Waals surface area contributed by atoms with Gasteiger partial charge in [-0.2, -0.15) is 0 Å². The van der Waals surface area contributed by atoms with Crippen molar-refractivity contribution in [3.63, 3.8) is 0 Å². The minimum atomic E-state index is 0. The fourth-order valence-electron chi connectivity index (χ4n) is 3.44. The van der Waals surface area contributed by atoms with Gasteiger partial charge in [-0.15, -0.1) is 12.4 Å². The van der Waals surface area contributed by atoms with Crippen LogP contribution in [0.3, 0.4) is 0 Å². The van der Waals surface area contributed by atoms with Crippen molar-refractivity contribution in [2.75, 3.05) is 5.73 Å². The number of imidazole rings is 1. The van der Waals surface area contributed by atoms with Gasteiger partial charge in [-0.1, -0.05) is 30.6 Å². The van der Waals surface area contributed by atoms with Crippen LogP contribution in [0.15, 0.2) is 18.2 Å². The second-order valence-electron chi connectivity index (χ2n) is 6.30. The predicted molar refractivity (Wildman–Crippen MR) is 101 cm³/mol. The highest BCUT2D eigenvalue weighted by Crippen LogP contribution is 2.29. The largest absolute Gasteiger partial charge is 0.399 e. The zero-order valence-corrected chi connectivity index (χ0v) is 15.2. The van der Waals surface area contributed by atoms with E-state index in [9.17, 15) is 4.79 Å². The Hall–Kier alpha value is -1.79. The molecule has 0 aliphatic heterocycles. The Balaban J connectivity index is 0.00000169. The number of benzene rings is 1. The number of carbonyl (C=O) groups excluding carboxylic acids is 1. The van der Waals surface area contributed by atoms with Gasteiger partial charge in [-0.3, -0.25) is 9.20 Å². The Bertz CT molecular complexity index is 895. The molecule has 1 saturated carbocycles. The number of hydrogen-bond donors (Lipinski definition) is 2. The molecular formula is C17H21ClN4OS. The van der Waals surface area contributed by atoms with Crippen molar-refractivity contribution in [1.82, 2.24) is 14.7 Å². The van der Waals surface area contributed by atoms with Gasteiger partial charge in [0.15, 0.2) is 4.96 Å². The number of nitrogen functional groups attached to an aromatic ring is 1. The van der Waals surface area contributed by atoms with Gasteiger partial charge in [0, 0.05) is 17.4 Å². The molecule has 0 spiro atoms. The number of amides is 1. The highest BCUT2D eigenvalue weighted by Gasteiger charge is 2.22. The van der Waals surface area contributed by atoms with E-state index in [1.165, 1.54) is 30.6 Å². The molecule has 3 N–H and O–H groups in total. The summed E-state index contributed by atoms with van der Waals surface area (Å²) in [5, 5.41) is 3.19. The lowest BCUT2D eigenvalue weighted by Gasteiger charge is -2.22. The second kappa shape index (κ2) is 6.61. The summed E-state index contributed by atoms with van der Waals surface area (Å²) in [5.41, 5.74) is 9.41. The van der Waals surface area contributed by atoms with E-state index in [1.54, 1.807) is 0 Å². The highest BCUT2D eigenvalue weighted by atomic mass is 35.5. The highest BCUT2D eigenvalue weighted by molar-refractivity contribution is 7.19. The smallest absolute Gasteiger partial charge is 0.263 e. The molecule has 1 aliphatic carbocycles. The molecule has 0 bridgehead atoms. The molecule has 1 aliphatic rings. The van der Waals surface area contributed by atoms with Crippen LogP contribution in [0.2, 0.25) is 0 Å². The maximum atomic E-state index is 12.6. The average molecular weight is 365 g/mol. The fourth-order valence-corrected chi connectivity index (χ4v) is 4.48. The van der Waals surface area contributed by atoms with E-state index >= 15 is 0 Å². The molecule has 3 aromatic rings. The van der Waals surface area contributed by atoms with E-state index in [2.05, 4.69) is 10.3 Å². The maximum Gasteiger partial charge on any atom is 0.263 e. The van der Waals surface area contributed by atoms with Crippen LogP contribution < -0.4 is 11.1 Å². The first-order chi connectivity index (χ1) is 11.1. The van der Waals surface area contributed by atoms with Crippen LogP contribution in [-0.4, -0.2) is 21.3 Å². The summed E-state index contributed by atoms with van der Waals surface area (Å²) in [6.45, 7) is 1.98. The molecule has 2 aromatic heterocycles. The summed E-state index contributed by atoms with van der Waals surface area (Å²) >= 11 is 1.45. The minimum Gasteiger partial charge on any atom is -0.399 e. The van der Waals surface area contributed by atoms with E-state index in [0.29, 0.717) is 11.7 Å². The van der Waals surface area contributed by atoms with Crippen molar-refractivity contribution in [3.05, 3.63) is 28.8 Å². The third-order valence-electron chi connectivity index (χ3n) is 4.65. The third kappa shape index (κ3) is 2.84. The van der Waals surface area contributed by atoms with Crippen LogP contribution >= 0.6 is 23.7 Å². The number of fused-ring (bicyclic) bond motifs is 3. The lowest BCUT2D eigenvalue weighted by molar-refractivity contribution is 0.0931. The molecule has 1 fully saturated rings. The van der Waals surface area contributed by atoms with Crippen molar-refractivity contribution < 1.29 is 4.79 Å². The minimum absolute atomic E-state index is 0. The summed E-state index contributed by atoms with van der Waals surface area (Å²) in [5.74, 6) is 0.0296. The predicted octanol–water partition coefficient (Wildman–Crippen LogP) is 3.92. The molecule has 0 unspecified atom stereocenters. The molecule has 0 saturated heterocycles. The van der Waals surface area contributed by atoms with Crippen LogP contribution in [0, 0.1) is 6.92 Å². The number of nitrogens with two attached hydrogens (primary N) is 1. The monoisotopic (exact) mass is 364 g/mol. The lowest BCUT2D eigenvalue weighted by atomic mass is 9.95. The number of aryl methyl sites for hydroxylation is 1. The van der Waals surface area contributed by atoms with Crippen molar-refractivity contribution >= 4 is 51.3 Å². The topological polar surface area (TPSA) is 72.4 Å². The molecule has 128 valence electrons. The standard InChI is InChI=1S/C17H20N4OS.ClH/c1-10-15(16(22)19-12-5-3-2-4-6-12)23-17-20-13-8-7-11(18)9-14(13)21(10)17;/h7-9,12H,2-6,18H2,1H3,(H,19,22);1H. The number of hydrogen-bond acceptors (Lipinski definition) is 4. The van der Waals surface area contributed by atoms with Crippen LogP contribution in [-0.2, 0) is 0 Å². The number of carbonyl (C=O) groups is 1. The van der Waals surface area contributed by atoms with Crippen LogP contribution in [0.25, 0.3) is 16.0 Å². The molecule has 2 heterocycles. The molecule has 1 amide bonds. The first-order valence-electron chi connectivity index (χ1n) is 8.11. The quantitative estimate of drug-likeness (QED) is 0.677. The zero-order chi connectivity index (χ0) is 16.0. The van der Waals surface area contributed by atoms with E-state index < -0.39 is 0 Å². The van der Waals surface area contributed by atoms with Crippen LogP contribution in [0.1, 0.15) is 47.5 Å². The number of nitrogens with one attached hydrogen (secondary N) is 1. The van der Waals surface area contributed by atoms with Gasteiger partial charge in [0.1, 0.15) is 4.88 Å². The van der Waals surface area contributed by atoms with Crippen molar-refractivity contribution in [2.45, 2.75) is 45.1 Å². The van der Waals surface area contributed by atoms with Crippen LogP contribution in [0.4, 0.5) is 5.69 Å². The Morgan fingerprint density at radius 2 is 2.08 bits per heavy atom. The third-order valence-corrected chi connectivity index (χ3v) is 5.79. The molecule has 4 rings (SSSR count). The van der Waals surface area contributed by atoms with Gasteiger partial charge >= 0.3 is 0 Å². The number of rotatable bonds is 2. The normalized spacial score (nSPS) is 15.5. The molecular weight excluding hydrogens is 344 g/mol. The maximum absolute atomic E-state index is 12.6. The SMILES string of the molecule is Cc1c(C(=O)NC2CCCCC2)sc2nc3ccc(N)cc3n12.Cl. The summed E-state index contributed by atoms with van der Waals surface area (Å²) in [6, 6.07) is 6.01. The Labute approximate surface area is 150 Å². The van der Waals surface area contributed by atoms with Gasteiger partial charge in [0.25, 0.3) is 5.91 Å². The average Bonchev–Trinajstić information content (AvgIpc) is 3.05. The Morgan fingerprint density at radius 3 is 2.83 bits per heavy atom. The number of halogens is 1. The van der Waals surface area contributed by atoms with Crippen molar-refractivity contribution in [1.29, 1.82) is 0 Å². The van der Waals surface area contributed by atoms with Crippen molar-refractivity contribution in [3.8, 4) is 0 Å². The summed E-state index contributed by atoms with van der Waals surface area (Å²) in [4.78, 5) is 18.8. The molecule has 0 atom stereocenters. The number of thiazole rings is 1. The van der Waals surface area contributed by atoms with Crippen LogP contribution in [0.5, 0.6) is 0 Å². The van der Waals surface area contributed by atoms with Crippen molar-refractivity contribution in [2.24, 2.45) is 0 Å². The fraction of sp³-hybridized carbons (Fsp3) is 0.412. The Morgan fingerprint density at radius 1 is 1.33 bits per heavy atom. The Kier molecular flexibility index (Phi) is 4.69. The van der Waals surface area contributed by atoms with E-state index in [-0.39, 0.29) is 18.3 Å². The molecule has 5 nitrogen and oxygen atoms in total. The number of anilines is 1. The lowest BCUT2D eigenvalue weighted by Crippen LogP contribution is -2.36. The number of nitrogens with zero attached hydrogens (tertiary/aromatic N) is 2. The summed E-state index contributed by atoms with van der Waals surface area (Å²) < 4.78 is 2.03. The summed E-state index contributed by atoms with van der Waals surface area (Å²) in [7, 11) is 0. The molecule has 0 radical (unpaired) electrons. The summed E-state index contributed by atoms with van der Waals surface area (Å²) in [6.07, 6.45) is 5.88. The van der Waals surface area contributed by atoms with Gasteiger partial charge in [0.05, 0.1) is 11.0 Å². The van der Waals surface area contributed by atoms with Gasteiger partial charge in [-0.05, 0) is 38.0 Å². The molecule has 24 heavy (non-hydrogen) atoms. The molecule has 1 aromatic carbocycles. The van der Waals surface area contributed by atoms with E-state index in [4.69, 9.17) is 5.73 Å². The van der Waals surface area contributed by atoms with Gasteiger partial charge in [0.2, 0.25) is 0 Å². The zero-order valence-electron chi connectivity index (χ0n) is 13.5. The molecule has 7 heteroatoms. The van der Waals surface area contributed by atoms with E-state index in [1.807, 2.05) is 29.5 Å². The first kappa shape index (κ1) is 17.0.